The van der Waals surface area contributed by atoms with E-state index in [4.69, 9.17) is 16.3 Å². The second kappa shape index (κ2) is 3.70. The van der Waals surface area contributed by atoms with E-state index < -0.39 is 0 Å². The van der Waals surface area contributed by atoms with Gasteiger partial charge in [0.2, 0.25) is 0 Å². The molecule has 1 aromatic heterocycles. The number of pyridine rings is 1. The van der Waals surface area contributed by atoms with Gasteiger partial charge in [-0.1, -0.05) is 17.7 Å². The third-order valence-corrected chi connectivity index (χ3v) is 2.80. The highest BCUT2D eigenvalue weighted by atomic mass is 35.5. The molecule has 2 heterocycles. The number of hydrogen-bond donors (Lipinski definition) is 0. The van der Waals surface area contributed by atoms with Crippen molar-refractivity contribution in [3.05, 3.63) is 29.0 Å². The van der Waals surface area contributed by atoms with Crippen LogP contribution in [-0.2, 0) is 4.74 Å². The summed E-state index contributed by atoms with van der Waals surface area (Å²) in [7, 11) is 1.71. The fraction of sp³-hybridized carbons (Fsp3) is 0.400. The third-order valence-electron chi connectivity index (χ3n) is 2.59. The van der Waals surface area contributed by atoms with Crippen molar-refractivity contribution >= 4 is 17.7 Å². The van der Waals surface area contributed by atoms with Crippen molar-refractivity contribution in [2.24, 2.45) is 0 Å². The second-order valence-corrected chi connectivity index (χ2v) is 3.93. The molecule has 15 heavy (non-hydrogen) atoms. The summed E-state index contributed by atoms with van der Waals surface area (Å²) in [5.74, 6) is 0. The Kier molecular flexibility index (Phi) is 2.52. The first-order chi connectivity index (χ1) is 7.09. The minimum absolute atomic E-state index is 0.0246. The molecule has 1 aliphatic rings. The Morgan fingerprint density at radius 2 is 2.27 bits per heavy atom. The Morgan fingerprint density at radius 1 is 1.53 bits per heavy atom. The quantitative estimate of drug-likeness (QED) is 0.690. The van der Waals surface area contributed by atoms with E-state index >= 15 is 0 Å². The summed E-state index contributed by atoms with van der Waals surface area (Å²) in [6, 6.07) is 5.27. The first kappa shape index (κ1) is 10.2. The number of carbonyl (C=O) groups excluding carboxylic acids is 1. The monoisotopic (exact) mass is 226 g/mol. The maximum Gasteiger partial charge on any atom is 0.410 e. The highest BCUT2D eigenvalue weighted by Gasteiger charge is 2.37. The average Bonchev–Trinajstić information content (AvgIpc) is 2.46. The van der Waals surface area contributed by atoms with Gasteiger partial charge < -0.3 is 9.64 Å². The topological polar surface area (TPSA) is 42.4 Å². The minimum atomic E-state index is -0.332. The Bertz CT molecular complexity index is 397. The van der Waals surface area contributed by atoms with Crippen LogP contribution in [0.2, 0.25) is 5.15 Å². The van der Waals surface area contributed by atoms with Crippen molar-refractivity contribution in [3.8, 4) is 0 Å². The van der Waals surface area contributed by atoms with Crippen molar-refractivity contribution in [2.45, 2.75) is 19.1 Å². The van der Waals surface area contributed by atoms with Crippen molar-refractivity contribution in [2.75, 3.05) is 7.05 Å². The van der Waals surface area contributed by atoms with Crippen LogP contribution in [0.3, 0.4) is 0 Å². The molecule has 5 heteroatoms. The molecule has 1 fully saturated rings. The predicted octanol–water partition coefficient (Wildman–Crippen LogP) is 2.25. The lowest BCUT2D eigenvalue weighted by molar-refractivity contribution is 0.129. The Morgan fingerprint density at radius 3 is 2.80 bits per heavy atom. The van der Waals surface area contributed by atoms with Crippen LogP contribution in [-0.4, -0.2) is 29.1 Å². The van der Waals surface area contributed by atoms with Crippen LogP contribution in [0.15, 0.2) is 18.2 Å². The molecule has 1 aromatic rings. The molecule has 4 nitrogen and oxygen atoms in total. The van der Waals surface area contributed by atoms with Gasteiger partial charge in [-0.3, -0.25) is 0 Å². The van der Waals surface area contributed by atoms with Gasteiger partial charge in [0.15, 0.2) is 6.10 Å². The van der Waals surface area contributed by atoms with Gasteiger partial charge in [0, 0.05) is 7.05 Å². The summed E-state index contributed by atoms with van der Waals surface area (Å²) in [5, 5.41) is 0.408. The van der Waals surface area contributed by atoms with Gasteiger partial charge in [-0.25, -0.2) is 9.78 Å². The molecule has 0 spiro atoms. The lowest BCUT2D eigenvalue weighted by Crippen LogP contribution is -2.27. The molecule has 80 valence electrons. The number of cyclic esters (lactones) is 1. The third kappa shape index (κ3) is 1.77. The summed E-state index contributed by atoms with van der Waals surface area (Å²) in [5.41, 5.74) is 0.688. The molecule has 0 N–H and O–H groups in total. The first-order valence-electron chi connectivity index (χ1n) is 4.65. The molecule has 2 atom stereocenters. The smallest absolute Gasteiger partial charge is 0.410 e. The molecule has 0 aliphatic carbocycles. The number of ether oxygens (including phenoxy) is 1. The molecule has 0 bridgehead atoms. The predicted molar refractivity (Wildman–Crippen MR) is 55.7 cm³/mol. The van der Waals surface area contributed by atoms with E-state index in [1.807, 2.05) is 6.92 Å². The largest absolute Gasteiger partial charge is 0.437 e. The van der Waals surface area contributed by atoms with Crippen LogP contribution in [0.4, 0.5) is 4.79 Å². The lowest BCUT2D eigenvalue weighted by Gasteiger charge is -2.15. The van der Waals surface area contributed by atoms with E-state index in [0.717, 1.165) is 0 Å². The number of amides is 1. The van der Waals surface area contributed by atoms with Crippen LogP contribution in [0.1, 0.15) is 18.7 Å². The van der Waals surface area contributed by atoms with Gasteiger partial charge >= 0.3 is 6.09 Å². The Balaban J connectivity index is 2.29. The maximum atomic E-state index is 11.3. The number of nitrogens with zero attached hydrogens (tertiary/aromatic N) is 2. The second-order valence-electron chi connectivity index (χ2n) is 3.54. The fourth-order valence-electron chi connectivity index (χ4n) is 1.55. The summed E-state index contributed by atoms with van der Waals surface area (Å²) in [4.78, 5) is 17.0. The zero-order chi connectivity index (χ0) is 11.0. The SMILES string of the molecule is C[C@H]1[C@@H](c2cccc(Cl)n2)OC(=O)N1C. The molecule has 0 aromatic carbocycles. The van der Waals surface area contributed by atoms with Crippen LogP contribution in [0, 0.1) is 0 Å². The Hall–Kier alpha value is -1.29. The molecule has 1 aliphatic heterocycles. The van der Waals surface area contributed by atoms with Gasteiger partial charge in [0.05, 0.1) is 11.7 Å². The highest BCUT2D eigenvalue weighted by Crippen LogP contribution is 2.30. The van der Waals surface area contributed by atoms with Gasteiger partial charge in [-0.2, -0.15) is 0 Å². The molecule has 1 saturated heterocycles. The van der Waals surface area contributed by atoms with E-state index in [9.17, 15) is 4.79 Å². The molecule has 1 amide bonds. The lowest BCUT2D eigenvalue weighted by atomic mass is 10.1. The van der Waals surface area contributed by atoms with Gasteiger partial charge in [-0.15, -0.1) is 0 Å². The molecular formula is C10H11ClN2O2. The zero-order valence-electron chi connectivity index (χ0n) is 8.48. The van der Waals surface area contributed by atoms with E-state index in [1.54, 1.807) is 30.1 Å². The summed E-state index contributed by atoms with van der Waals surface area (Å²) >= 11 is 5.78. The first-order valence-corrected chi connectivity index (χ1v) is 5.03. The van der Waals surface area contributed by atoms with Crippen molar-refractivity contribution in [1.29, 1.82) is 0 Å². The van der Waals surface area contributed by atoms with E-state index in [1.165, 1.54) is 0 Å². The summed E-state index contributed by atoms with van der Waals surface area (Å²) in [6.07, 6.45) is -0.657. The van der Waals surface area contributed by atoms with Gasteiger partial charge in [0.25, 0.3) is 0 Å². The average molecular weight is 227 g/mol. The van der Waals surface area contributed by atoms with Crippen molar-refractivity contribution in [3.63, 3.8) is 0 Å². The van der Waals surface area contributed by atoms with Crippen LogP contribution >= 0.6 is 11.6 Å². The molecule has 0 unspecified atom stereocenters. The number of aromatic nitrogens is 1. The molecule has 0 saturated carbocycles. The number of rotatable bonds is 1. The van der Waals surface area contributed by atoms with Crippen molar-refractivity contribution in [1.82, 2.24) is 9.88 Å². The van der Waals surface area contributed by atoms with Crippen LogP contribution in [0.25, 0.3) is 0 Å². The molecule has 0 radical (unpaired) electrons. The Labute approximate surface area is 92.8 Å². The highest BCUT2D eigenvalue weighted by molar-refractivity contribution is 6.29. The van der Waals surface area contributed by atoms with Crippen molar-refractivity contribution < 1.29 is 9.53 Å². The van der Waals surface area contributed by atoms with Crippen LogP contribution < -0.4 is 0 Å². The zero-order valence-corrected chi connectivity index (χ0v) is 9.23. The van der Waals surface area contributed by atoms with Crippen LogP contribution in [0.5, 0.6) is 0 Å². The minimum Gasteiger partial charge on any atom is -0.437 e. The number of hydrogen-bond acceptors (Lipinski definition) is 3. The van der Waals surface area contributed by atoms with Gasteiger partial charge in [-0.05, 0) is 19.1 Å². The number of likely N-dealkylation sites (N-methyl/N-ethyl adjacent to an activating group) is 1. The van der Waals surface area contributed by atoms with Gasteiger partial charge in [0.1, 0.15) is 5.15 Å². The summed E-state index contributed by atoms with van der Waals surface area (Å²) < 4.78 is 5.19. The standard InChI is InChI=1S/C10H11ClN2O2/c1-6-9(15-10(14)13(6)2)7-4-3-5-8(11)12-7/h3-6,9H,1-2H3/t6-,9-/m0/s1. The van der Waals surface area contributed by atoms with E-state index in [2.05, 4.69) is 4.98 Å². The normalized spacial score (nSPS) is 25.5. The maximum absolute atomic E-state index is 11.3. The number of halogens is 1. The summed E-state index contributed by atoms with van der Waals surface area (Å²) in [6.45, 7) is 1.91. The fourth-order valence-corrected chi connectivity index (χ4v) is 1.72. The van der Waals surface area contributed by atoms with E-state index in [0.29, 0.717) is 10.8 Å². The van der Waals surface area contributed by atoms with E-state index in [-0.39, 0.29) is 18.2 Å². The molecular weight excluding hydrogens is 216 g/mol. The number of carbonyl (C=O) groups is 1. The molecule has 2 rings (SSSR count).